The summed E-state index contributed by atoms with van der Waals surface area (Å²) in [5.74, 6) is 0. The molecule has 3 nitrogen and oxygen atoms in total. The highest BCUT2D eigenvalue weighted by molar-refractivity contribution is 6.78. The van der Waals surface area contributed by atoms with Gasteiger partial charge in [-0.15, -0.1) is 0 Å². The zero-order valence-corrected chi connectivity index (χ0v) is 14.2. The Bertz CT molecular complexity index is 544. The number of alkyl halides is 6. The number of rotatable bonds is 1. The number of halogens is 6. The van der Waals surface area contributed by atoms with Crippen LogP contribution in [0.15, 0.2) is 47.2 Å². The maximum absolute atomic E-state index is 5.87. The molecule has 108 valence electrons. The molecule has 20 heavy (non-hydrogen) atoms. The molecule has 1 N–H and O–H groups in total. The summed E-state index contributed by atoms with van der Waals surface area (Å²) in [5, 5.41) is 5.55. The van der Waals surface area contributed by atoms with Crippen LogP contribution in [0.2, 0.25) is 0 Å². The first-order valence-electron chi connectivity index (χ1n) is 5.24. The molecule has 0 radical (unpaired) electrons. The number of hydrogen-bond acceptors (Lipinski definition) is 3. The van der Waals surface area contributed by atoms with Crippen LogP contribution in [0, 0.1) is 0 Å². The molecule has 0 saturated heterocycles. The van der Waals surface area contributed by atoms with E-state index in [0.717, 1.165) is 0 Å². The monoisotopic (exact) mass is 391 g/mol. The van der Waals surface area contributed by atoms with Gasteiger partial charge in [-0.1, -0.05) is 87.8 Å². The van der Waals surface area contributed by atoms with Crippen molar-refractivity contribution in [1.82, 2.24) is 5.43 Å². The van der Waals surface area contributed by atoms with Crippen molar-refractivity contribution < 1.29 is 0 Å². The maximum Gasteiger partial charge on any atom is 0.234 e. The standard InChI is InChI=1S/C11H7Cl6N3/c12-10(13,14)8-6-9(11(15,16)17)19-20(18-8)7-4-2-1-3-5-7/h1-6,18H. The minimum Gasteiger partial charge on any atom is -0.278 e. The van der Waals surface area contributed by atoms with Crippen LogP contribution in [0.25, 0.3) is 0 Å². The third kappa shape index (κ3) is 4.00. The van der Waals surface area contributed by atoms with Crippen molar-refractivity contribution in [2.45, 2.75) is 7.59 Å². The van der Waals surface area contributed by atoms with Gasteiger partial charge >= 0.3 is 0 Å². The number of anilines is 1. The largest absolute Gasteiger partial charge is 0.278 e. The number of hydrazine groups is 1. The van der Waals surface area contributed by atoms with Gasteiger partial charge in [-0.25, -0.2) is 0 Å². The number of para-hydroxylation sites is 1. The topological polar surface area (TPSA) is 27.6 Å². The second kappa shape index (κ2) is 5.99. The summed E-state index contributed by atoms with van der Waals surface area (Å²) in [6.45, 7) is 0. The first kappa shape index (κ1) is 16.3. The van der Waals surface area contributed by atoms with E-state index in [0.29, 0.717) is 5.69 Å². The molecule has 0 aliphatic carbocycles. The van der Waals surface area contributed by atoms with E-state index >= 15 is 0 Å². The number of hydrogen-bond donors (Lipinski definition) is 1. The Kier molecular flexibility index (Phi) is 4.90. The van der Waals surface area contributed by atoms with Crippen molar-refractivity contribution >= 4 is 81.0 Å². The molecule has 0 saturated carbocycles. The molecule has 0 aromatic heterocycles. The lowest BCUT2D eigenvalue weighted by Gasteiger charge is -2.31. The van der Waals surface area contributed by atoms with Crippen molar-refractivity contribution in [1.29, 1.82) is 0 Å². The van der Waals surface area contributed by atoms with Crippen LogP contribution in [-0.4, -0.2) is 13.3 Å². The van der Waals surface area contributed by atoms with Crippen molar-refractivity contribution in [3.8, 4) is 0 Å². The molecule has 2 rings (SSSR count). The van der Waals surface area contributed by atoms with E-state index in [1.54, 1.807) is 12.1 Å². The van der Waals surface area contributed by atoms with Gasteiger partial charge in [0.15, 0.2) is 0 Å². The zero-order valence-electron chi connectivity index (χ0n) is 9.63. The Morgan fingerprint density at radius 1 is 0.900 bits per heavy atom. The fraction of sp³-hybridized carbons (Fsp3) is 0.182. The smallest absolute Gasteiger partial charge is 0.234 e. The van der Waals surface area contributed by atoms with Gasteiger partial charge in [-0.3, -0.25) is 5.43 Å². The van der Waals surface area contributed by atoms with Crippen LogP contribution >= 0.6 is 69.6 Å². The number of benzene rings is 1. The highest BCUT2D eigenvalue weighted by Crippen LogP contribution is 2.38. The molecule has 0 spiro atoms. The van der Waals surface area contributed by atoms with Gasteiger partial charge in [0.25, 0.3) is 0 Å². The minimum absolute atomic E-state index is 0.131. The van der Waals surface area contributed by atoms with Gasteiger partial charge in [0.05, 0.1) is 11.4 Å². The summed E-state index contributed by atoms with van der Waals surface area (Å²) in [7, 11) is 0. The molecular weight excluding hydrogens is 387 g/mol. The maximum atomic E-state index is 5.87. The van der Waals surface area contributed by atoms with E-state index < -0.39 is 7.59 Å². The second-order valence-electron chi connectivity index (χ2n) is 3.80. The quantitative estimate of drug-likeness (QED) is 0.680. The number of allylic oxidation sites excluding steroid dienone is 2. The van der Waals surface area contributed by atoms with Crippen LogP contribution in [0.3, 0.4) is 0 Å². The predicted octanol–water partition coefficient (Wildman–Crippen LogP) is 4.99. The highest BCUT2D eigenvalue weighted by atomic mass is 35.6. The third-order valence-electron chi connectivity index (χ3n) is 2.31. The van der Waals surface area contributed by atoms with Gasteiger partial charge in [0.1, 0.15) is 5.71 Å². The second-order valence-corrected chi connectivity index (χ2v) is 8.36. The van der Waals surface area contributed by atoms with Crippen molar-refractivity contribution in [2.75, 3.05) is 5.12 Å². The minimum atomic E-state index is -1.74. The highest BCUT2D eigenvalue weighted by Gasteiger charge is 2.36. The Balaban J connectivity index is 2.43. The van der Waals surface area contributed by atoms with Crippen LogP contribution in [-0.2, 0) is 0 Å². The molecule has 0 bridgehead atoms. The van der Waals surface area contributed by atoms with Crippen molar-refractivity contribution in [3.05, 3.63) is 42.1 Å². The summed E-state index contributed by atoms with van der Waals surface area (Å²) < 4.78 is -3.44. The molecule has 1 aromatic carbocycles. The molecule has 0 unspecified atom stereocenters. The summed E-state index contributed by atoms with van der Waals surface area (Å²) >= 11 is 35.2. The van der Waals surface area contributed by atoms with Crippen LogP contribution in [0.5, 0.6) is 0 Å². The predicted molar refractivity (Wildman–Crippen MR) is 88.2 cm³/mol. The Hall–Kier alpha value is -0.0300. The number of hydrazone groups is 1. The van der Waals surface area contributed by atoms with Gasteiger partial charge in [-0.05, 0) is 18.2 Å². The van der Waals surface area contributed by atoms with E-state index in [4.69, 9.17) is 69.6 Å². The molecule has 0 fully saturated rings. The molecule has 1 heterocycles. The lowest BCUT2D eigenvalue weighted by molar-refractivity contribution is 0.713. The molecule has 0 amide bonds. The molecule has 0 atom stereocenters. The van der Waals surface area contributed by atoms with Crippen molar-refractivity contribution in [3.63, 3.8) is 0 Å². The molecule has 1 aliphatic heterocycles. The summed E-state index contributed by atoms with van der Waals surface area (Å²) in [6, 6.07) is 9.12. The van der Waals surface area contributed by atoms with Gasteiger partial charge < -0.3 is 0 Å². The zero-order chi connectivity index (χ0) is 15.0. The molecular formula is C11H7Cl6N3. The SMILES string of the molecule is ClC(Cl)(Cl)C1=CC(C(Cl)(Cl)Cl)=NN(c2ccccc2)N1. The average Bonchev–Trinajstić information content (AvgIpc) is 2.37. The summed E-state index contributed by atoms with van der Waals surface area (Å²) in [5.41, 5.74) is 3.90. The average molecular weight is 394 g/mol. The fourth-order valence-electron chi connectivity index (χ4n) is 1.42. The first-order valence-corrected chi connectivity index (χ1v) is 7.51. The van der Waals surface area contributed by atoms with E-state index in [1.165, 1.54) is 11.2 Å². The normalized spacial score (nSPS) is 16.4. The van der Waals surface area contributed by atoms with Crippen LogP contribution in [0.1, 0.15) is 0 Å². The third-order valence-corrected chi connectivity index (χ3v) is 3.50. The van der Waals surface area contributed by atoms with Gasteiger partial charge in [0.2, 0.25) is 7.59 Å². The number of nitrogens with one attached hydrogen (secondary N) is 1. The molecule has 1 aliphatic rings. The fourth-order valence-corrected chi connectivity index (χ4v) is 1.99. The lowest BCUT2D eigenvalue weighted by atomic mass is 10.3. The molecule has 1 aromatic rings. The number of nitrogens with zero attached hydrogens (tertiary/aromatic N) is 2. The van der Waals surface area contributed by atoms with Crippen LogP contribution in [0.4, 0.5) is 5.69 Å². The lowest BCUT2D eigenvalue weighted by Crippen LogP contribution is -2.43. The Morgan fingerprint density at radius 2 is 1.50 bits per heavy atom. The van der Waals surface area contributed by atoms with E-state index in [1.807, 2.05) is 18.2 Å². The van der Waals surface area contributed by atoms with Gasteiger partial charge in [-0.2, -0.15) is 10.2 Å². The Morgan fingerprint density at radius 3 is 2.00 bits per heavy atom. The van der Waals surface area contributed by atoms with Gasteiger partial charge in [0, 0.05) is 0 Å². The van der Waals surface area contributed by atoms with Crippen molar-refractivity contribution in [2.24, 2.45) is 5.10 Å². The Labute approximate surface area is 146 Å². The van der Waals surface area contributed by atoms with E-state index in [2.05, 4.69) is 10.5 Å². The van der Waals surface area contributed by atoms with E-state index in [-0.39, 0.29) is 11.4 Å². The van der Waals surface area contributed by atoms with Crippen LogP contribution < -0.4 is 10.5 Å². The molecule has 9 heteroatoms. The first-order chi connectivity index (χ1) is 9.18. The summed E-state index contributed by atoms with van der Waals surface area (Å²) in [6.07, 6.45) is 1.39. The van der Waals surface area contributed by atoms with E-state index in [9.17, 15) is 0 Å². The summed E-state index contributed by atoms with van der Waals surface area (Å²) in [4.78, 5) is 0.